The van der Waals surface area contributed by atoms with Crippen molar-refractivity contribution in [3.05, 3.63) is 98.8 Å². The summed E-state index contributed by atoms with van der Waals surface area (Å²) in [6.45, 7) is 8.18. The highest BCUT2D eigenvalue weighted by Crippen LogP contribution is 2.27. The van der Waals surface area contributed by atoms with Crippen molar-refractivity contribution < 1.29 is 23.8 Å². The lowest BCUT2D eigenvalue weighted by molar-refractivity contribution is -0.136. The number of rotatable bonds is 11. The maximum atomic E-state index is 14.3. The zero-order valence-corrected chi connectivity index (χ0v) is 22.4. The molecule has 3 rings (SSSR count). The van der Waals surface area contributed by atoms with Crippen molar-refractivity contribution in [1.82, 2.24) is 5.32 Å². The number of carboxylic acids is 1. The molecule has 1 amide bonds. The van der Waals surface area contributed by atoms with Crippen molar-refractivity contribution in [3.8, 4) is 5.75 Å². The number of carbonyl (C=O) groups excluding carboxylic acids is 1. The Morgan fingerprint density at radius 2 is 1.73 bits per heavy atom. The van der Waals surface area contributed by atoms with Crippen molar-refractivity contribution in [2.24, 2.45) is 5.92 Å². The average molecular weight is 526 g/mol. The molecule has 0 radical (unpaired) electrons. The van der Waals surface area contributed by atoms with E-state index in [4.69, 9.17) is 16.3 Å². The zero-order chi connectivity index (χ0) is 27.1. The van der Waals surface area contributed by atoms with Crippen molar-refractivity contribution in [2.75, 3.05) is 0 Å². The minimum atomic E-state index is -0.948. The predicted molar refractivity (Wildman–Crippen MR) is 144 cm³/mol. The van der Waals surface area contributed by atoms with Crippen molar-refractivity contribution in [2.45, 2.75) is 59.6 Å². The van der Waals surface area contributed by atoms with Crippen LogP contribution in [0.4, 0.5) is 4.39 Å². The van der Waals surface area contributed by atoms with E-state index in [0.717, 1.165) is 23.1 Å². The third kappa shape index (κ3) is 8.05. The molecule has 0 aromatic heterocycles. The number of aliphatic carboxylic acids is 1. The molecule has 0 aliphatic rings. The van der Waals surface area contributed by atoms with Gasteiger partial charge in [-0.1, -0.05) is 73.0 Å². The molecule has 7 heteroatoms. The fraction of sp³-hybridized carbons (Fsp3) is 0.333. The number of hydrogen-bond acceptors (Lipinski definition) is 3. The van der Waals surface area contributed by atoms with Gasteiger partial charge in [0.1, 0.15) is 18.2 Å². The Balaban J connectivity index is 1.90. The number of amides is 1. The molecule has 3 aromatic carbocycles. The highest BCUT2D eigenvalue weighted by Gasteiger charge is 2.21. The molecular formula is C30H33ClFNO4. The van der Waals surface area contributed by atoms with Crippen LogP contribution >= 0.6 is 11.6 Å². The van der Waals surface area contributed by atoms with Gasteiger partial charge in [-0.3, -0.25) is 9.59 Å². The summed E-state index contributed by atoms with van der Waals surface area (Å²) >= 11 is 5.87. The van der Waals surface area contributed by atoms with Gasteiger partial charge < -0.3 is 15.2 Å². The molecule has 0 spiro atoms. The van der Waals surface area contributed by atoms with E-state index in [9.17, 15) is 19.1 Å². The van der Waals surface area contributed by atoms with Gasteiger partial charge in [-0.15, -0.1) is 0 Å². The number of halogens is 2. The Morgan fingerprint density at radius 3 is 2.38 bits per heavy atom. The van der Waals surface area contributed by atoms with Crippen LogP contribution in [0.1, 0.15) is 70.9 Å². The number of hydrogen-bond donors (Lipinski definition) is 2. The molecule has 5 nitrogen and oxygen atoms in total. The lowest BCUT2D eigenvalue weighted by Gasteiger charge is -2.23. The van der Waals surface area contributed by atoms with Gasteiger partial charge in [0, 0.05) is 17.5 Å². The van der Waals surface area contributed by atoms with Crippen LogP contribution in [-0.4, -0.2) is 17.0 Å². The number of aryl methyl sites for hydroxylation is 3. The molecule has 0 bridgehead atoms. The van der Waals surface area contributed by atoms with Crippen LogP contribution in [0.15, 0.2) is 54.6 Å². The van der Waals surface area contributed by atoms with Gasteiger partial charge in [0.2, 0.25) is 0 Å². The molecule has 2 N–H and O–H groups in total. The number of nitrogens with one attached hydrogen (secondary N) is 1. The van der Waals surface area contributed by atoms with E-state index in [1.54, 1.807) is 30.3 Å². The summed E-state index contributed by atoms with van der Waals surface area (Å²) < 4.78 is 20.1. The summed E-state index contributed by atoms with van der Waals surface area (Å²) in [5.41, 5.74) is 4.48. The second kappa shape index (κ2) is 12.7. The molecule has 0 fully saturated rings. The Hall–Kier alpha value is -3.38. The number of ether oxygens (including phenoxy) is 1. The van der Waals surface area contributed by atoms with Gasteiger partial charge in [0.05, 0.1) is 11.1 Å². The summed E-state index contributed by atoms with van der Waals surface area (Å²) in [7, 11) is 0. The molecule has 3 aromatic rings. The van der Waals surface area contributed by atoms with E-state index >= 15 is 0 Å². The van der Waals surface area contributed by atoms with Gasteiger partial charge in [-0.05, 0) is 61.9 Å². The lowest BCUT2D eigenvalue weighted by atomic mass is 9.93. The first-order chi connectivity index (χ1) is 17.5. The van der Waals surface area contributed by atoms with E-state index < -0.39 is 11.8 Å². The summed E-state index contributed by atoms with van der Waals surface area (Å²) in [5, 5.41) is 12.4. The molecule has 37 heavy (non-hydrogen) atoms. The highest BCUT2D eigenvalue weighted by atomic mass is 35.5. The third-order valence-electron chi connectivity index (χ3n) is 6.02. The van der Waals surface area contributed by atoms with Gasteiger partial charge in [-0.2, -0.15) is 0 Å². The Kier molecular flexibility index (Phi) is 9.70. The molecule has 1 atom stereocenters. The monoisotopic (exact) mass is 525 g/mol. The minimum Gasteiger partial charge on any atom is -0.489 e. The third-order valence-corrected chi connectivity index (χ3v) is 6.31. The number of benzene rings is 3. The van der Waals surface area contributed by atoms with Crippen molar-refractivity contribution in [1.29, 1.82) is 0 Å². The first-order valence-electron chi connectivity index (χ1n) is 12.3. The maximum absolute atomic E-state index is 14.3. The number of carboxylic acid groups (broad SMARTS) is 1. The molecule has 0 heterocycles. The fourth-order valence-electron chi connectivity index (χ4n) is 4.33. The second-order valence-electron chi connectivity index (χ2n) is 9.79. The normalized spacial score (nSPS) is 11.9. The largest absolute Gasteiger partial charge is 0.489 e. The van der Waals surface area contributed by atoms with Gasteiger partial charge in [0.15, 0.2) is 0 Å². The van der Waals surface area contributed by atoms with E-state index in [0.29, 0.717) is 28.4 Å². The zero-order valence-electron chi connectivity index (χ0n) is 21.6. The summed E-state index contributed by atoms with van der Waals surface area (Å²) in [4.78, 5) is 24.8. The first-order valence-corrected chi connectivity index (χ1v) is 12.7. The molecule has 0 saturated heterocycles. The summed E-state index contributed by atoms with van der Waals surface area (Å²) in [5.74, 6) is -1.11. The molecule has 1 unspecified atom stereocenters. The fourth-order valence-corrected chi connectivity index (χ4v) is 4.53. The predicted octanol–water partition coefficient (Wildman–Crippen LogP) is 7.21. The second-order valence-corrected chi connectivity index (χ2v) is 10.2. The number of carbonyl (C=O) groups is 2. The van der Waals surface area contributed by atoms with Gasteiger partial charge in [0.25, 0.3) is 5.91 Å². The van der Waals surface area contributed by atoms with Gasteiger partial charge >= 0.3 is 5.97 Å². The van der Waals surface area contributed by atoms with Crippen molar-refractivity contribution >= 4 is 23.5 Å². The SMILES string of the molecule is Cc1cc(C)cc(C(CC(C)C)NC(=O)c2cc(OCc3cccc(Cl)c3F)ccc2CCC(=O)O)c1. The van der Waals surface area contributed by atoms with E-state index in [2.05, 4.69) is 37.4 Å². The standard InChI is InChI=1S/C30H33ClFNO4/c1-18(2)12-27(23-14-19(3)13-20(4)15-23)33-30(36)25-16-24(10-8-21(25)9-11-28(34)35)37-17-22-6-5-7-26(31)29(22)32/h5-8,10,13-16,18,27H,9,11-12,17H2,1-4H3,(H,33,36)(H,34,35). The minimum absolute atomic E-state index is 0.00719. The molecular weight excluding hydrogens is 493 g/mol. The van der Waals surface area contributed by atoms with Crippen LogP contribution in [0.3, 0.4) is 0 Å². The topological polar surface area (TPSA) is 75.6 Å². The maximum Gasteiger partial charge on any atom is 0.303 e. The van der Waals surface area contributed by atoms with E-state index in [-0.39, 0.29) is 36.4 Å². The van der Waals surface area contributed by atoms with Crippen LogP contribution < -0.4 is 10.1 Å². The Morgan fingerprint density at radius 1 is 1.03 bits per heavy atom. The van der Waals surface area contributed by atoms with Crippen molar-refractivity contribution in [3.63, 3.8) is 0 Å². The average Bonchev–Trinajstić information content (AvgIpc) is 2.82. The van der Waals surface area contributed by atoms with Crippen LogP contribution in [-0.2, 0) is 17.8 Å². The van der Waals surface area contributed by atoms with Crippen LogP contribution in [0, 0.1) is 25.6 Å². The Labute approximate surface area is 222 Å². The molecule has 196 valence electrons. The van der Waals surface area contributed by atoms with Crippen LogP contribution in [0.25, 0.3) is 0 Å². The first kappa shape index (κ1) is 28.2. The molecule has 0 saturated carbocycles. The van der Waals surface area contributed by atoms with E-state index in [1.165, 1.54) is 6.07 Å². The van der Waals surface area contributed by atoms with Crippen LogP contribution in [0.5, 0.6) is 5.75 Å². The summed E-state index contributed by atoms with van der Waals surface area (Å²) in [6.07, 6.45) is 0.823. The molecule has 0 aliphatic heterocycles. The van der Waals surface area contributed by atoms with E-state index in [1.807, 2.05) is 13.8 Å². The summed E-state index contributed by atoms with van der Waals surface area (Å²) in [6, 6.07) is 15.6. The molecule has 0 aliphatic carbocycles. The van der Waals surface area contributed by atoms with Gasteiger partial charge in [-0.25, -0.2) is 4.39 Å². The lowest BCUT2D eigenvalue weighted by Crippen LogP contribution is -2.30. The highest BCUT2D eigenvalue weighted by molar-refractivity contribution is 6.30. The van der Waals surface area contributed by atoms with Crippen LogP contribution in [0.2, 0.25) is 5.02 Å². The smallest absolute Gasteiger partial charge is 0.303 e. The Bertz CT molecular complexity index is 1250. The quantitative estimate of drug-likeness (QED) is 0.277.